The van der Waals surface area contributed by atoms with Crippen molar-refractivity contribution in [1.82, 2.24) is 15.0 Å². The summed E-state index contributed by atoms with van der Waals surface area (Å²) in [5, 5.41) is 3.62. The first-order chi connectivity index (χ1) is 13.0. The van der Waals surface area contributed by atoms with Crippen molar-refractivity contribution in [3.8, 4) is 5.75 Å². The van der Waals surface area contributed by atoms with Crippen LogP contribution in [-0.4, -0.2) is 55.3 Å². The number of aromatic nitrogens is 3. The van der Waals surface area contributed by atoms with Crippen molar-refractivity contribution in [2.75, 3.05) is 49.4 Å². The average molecular weight is 371 g/mol. The van der Waals surface area contributed by atoms with Crippen LogP contribution < -0.4 is 19.9 Å². The van der Waals surface area contributed by atoms with E-state index in [9.17, 15) is 0 Å². The van der Waals surface area contributed by atoms with E-state index in [1.807, 2.05) is 37.2 Å². The summed E-state index contributed by atoms with van der Waals surface area (Å²) in [4.78, 5) is 18.1. The molecule has 0 aliphatic carbocycles. The summed E-state index contributed by atoms with van der Waals surface area (Å²) in [6, 6.07) is 8.48. The Morgan fingerprint density at radius 3 is 2.44 bits per heavy atom. The lowest BCUT2D eigenvalue weighted by Crippen LogP contribution is -2.40. The number of ether oxygens (including phenoxy) is 1. The van der Waals surface area contributed by atoms with Crippen molar-refractivity contribution in [3.63, 3.8) is 0 Å². The smallest absolute Gasteiger partial charge is 0.230 e. The van der Waals surface area contributed by atoms with Gasteiger partial charge in [-0.2, -0.15) is 15.0 Å². The van der Waals surface area contributed by atoms with Crippen molar-refractivity contribution in [2.45, 2.75) is 38.6 Å². The Balaban J connectivity index is 1.68. The van der Waals surface area contributed by atoms with Crippen LogP contribution in [0.25, 0.3) is 0 Å². The van der Waals surface area contributed by atoms with E-state index in [-0.39, 0.29) is 5.92 Å². The predicted molar refractivity (Wildman–Crippen MR) is 110 cm³/mol. The van der Waals surface area contributed by atoms with Crippen molar-refractivity contribution in [2.24, 2.45) is 0 Å². The van der Waals surface area contributed by atoms with Gasteiger partial charge in [0.2, 0.25) is 11.9 Å². The first kappa shape index (κ1) is 19.2. The fourth-order valence-electron chi connectivity index (χ4n) is 3.18. The maximum atomic E-state index is 5.44. The number of benzene rings is 1. The lowest BCUT2D eigenvalue weighted by atomic mass is 10.0. The van der Waals surface area contributed by atoms with Crippen LogP contribution in [0.3, 0.4) is 0 Å². The molecule has 1 aliphatic heterocycles. The Labute approximate surface area is 161 Å². The van der Waals surface area contributed by atoms with Crippen molar-refractivity contribution < 1.29 is 4.74 Å². The van der Waals surface area contributed by atoms with Gasteiger partial charge < -0.3 is 19.9 Å². The summed E-state index contributed by atoms with van der Waals surface area (Å²) in [5.74, 6) is 3.51. The molecule has 2 heterocycles. The monoisotopic (exact) mass is 370 g/mol. The highest BCUT2D eigenvalue weighted by Gasteiger charge is 2.23. The summed E-state index contributed by atoms with van der Waals surface area (Å²) in [7, 11) is 5.64. The van der Waals surface area contributed by atoms with E-state index in [0.29, 0.717) is 6.04 Å². The number of rotatable bonds is 6. The molecule has 1 aromatic carbocycles. The van der Waals surface area contributed by atoms with Gasteiger partial charge in [0.15, 0.2) is 0 Å². The molecule has 2 aromatic rings. The standard InChI is InChI=1S/C20H30N6O/c1-14(2)18-22-19(25(3)4)24-20(23-18)26-12-10-15(11-13-26)21-16-8-6-7-9-17(16)27-5/h6-9,14-15,21H,10-13H2,1-5H3. The number of para-hydroxylation sites is 2. The van der Waals surface area contributed by atoms with E-state index in [2.05, 4.69) is 40.1 Å². The zero-order valence-corrected chi connectivity index (χ0v) is 16.9. The van der Waals surface area contributed by atoms with Crippen LogP contribution in [0.5, 0.6) is 5.75 Å². The number of nitrogens with one attached hydrogen (secondary N) is 1. The molecular formula is C20H30N6O. The molecule has 0 amide bonds. The number of hydrogen-bond acceptors (Lipinski definition) is 7. The third kappa shape index (κ3) is 4.59. The van der Waals surface area contributed by atoms with Crippen molar-refractivity contribution >= 4 is 17.6 Å². The quantitative estimate of drug-likeness (QED) is 0.838. The SMILES string of the molecule is COc1ccccc1NC1CCN(c2nc(C(C)C)nc(N(C)C)n2)CC1. The number of piperidine rings is 1. The first-order valence-corrected chi connectivity index (χ1v) is 9.55. The van der Waals surface area contributed by atoms with Crippen molar-refractivity contribution in [1.29, 1.82) is 0 Å². The van der Waals surface area contributed by atoms with Gasteiger partial charge in [0.1, 0.15) is 11.6 Å². The second-order valence-electron chi connectivity index (χ2n) is 7.45. The van der Waals surface area contributed by atoms with Crippen LogP contribution >= 0.6 is 0 Å². The normalized spacial score (nSPS) is 15.1. The Morgan fingerprint density at radius 2 is 1.81 bits per heavy atom. The summed E-state index contributed by atoms with van der Waals surface area (Å²) in [6.07, 6.45) is 2.05. The highest BCUT2D eigenvalue weighted by atomic mass is 16.5. The summed E-state index contributed by atoms with van der Waals surface area (Å²) in [6.45, 7) is 6.06. The van der Waals surface area contributed by atoms with E-state index in [1.54, 1.807) is 7.11 Å². The molecule has 7 heteroatoms. The molecule has 27 heavy (non-hydrogen) atoms. The predicted octanol–water partition coefficient (Wildman–Crippen LogP) is 3.15. The summed E-state index contributed by atoms with van der Waals surface area (Å²) < 4.78 is 5.44. The number of anilines is 3. The maximum absolute atomic E-state index is 5.44. The minimum absolute atomic E-state index is 0.273. The zero-order chi connectivity index (χ0) is 19.4. The fraction of sp³-hybridized carbons (Fsp3) is 0.550. The molecular weight excluding hydrogens is 340 g/mol. The van der Waals surface area contributed by atoms with Gasteiger partial charge in [-0.15, -0.1) is 0 Å². The van der Waals surface area contributed by atoms with Gasteiger partial charge in [-0.3, -0.25) is 0 Å². The molecule has 0 bridgehead atoms. The second-order valence-corrected chi connectivity index (χ2v) is 7.45. The first-order valence-electron chi connectivity index (χ1n) is 9.55. The molecule has 7 nitrogen and oxygen atoms in total. The lowest BCUT2D eigenvalue weighted by molar-refractivity contribution is 0.415. The topological polar surface area (TPSA) is 66.4 Å². The molecule has 1 aromatic heterocycles. The number of methoxy groups -OCH3 is 1. The molecule has 1 N–H and O–H groups in total. The number of hydrogen-bond donors (Lipinski definition) is 1. The Kier molecular flexibility index (Phi) is 5.98. The van der Waals surface area contributed by atoms with Crippen LogP contribution in [-0.2, 0) is 0 Å². The summed E-state index contributed by atoms with van der Waals surface area (Å²) in [5.41, 5.74) is 1.05. The minimum Gasteiger partial charge on any atom is -0.495 e. The van der Waals surface area contributed by atoms with Gasteiger partial charge in [0.25, 0.3) is 0 Å². The highest BCUT2D eigenvalue weighted by molar-refractivity contribution is 5.56. The Hall–Kier alpha value is -2.57. The van der Waals surface area contributed by atoms with E-state index in [1.165, 1.54) is 0 Å². The van der Waals surface area contributed by atoms with Gasteiger partial charge in [-0.05, 0) is 25.0 Å². The van der Waals surface area contributed by atoms with E-state index in [4.69, 9.17) is 9.72 Å². The molecule has 1 saturated heterocycles. The van der Waals surface area contributed by atoms with Crippen LogP contribution in [0.2, 0.25) is 0 Å². The van der Waals surface area contributed by atoms with Crippen LogP contribution in [0.15, 0.2) is 24.3 Å². The van der Waals surface area contributed by atoms with E-state index >= 15 is 0 Å². The molecule has 1 aliphatic rings. The average Bonchev–Trinajstić information content (AvgIpc) is 2.68. The molecule has 0 saturated carbocycles. The zero-order valence-electron chi connectivity index (χ0n) is 16.9. The van der Waals surface area contributed by atoms with E-state index < -0.39 is 0 Å². The maximum Gasteiger partial charge on any atom is 0.230 e. The third-order valence-electron chi connectivity index (χ3n) is 4.79. The third-order valence-corrected chi connectivity index (χ3v) is 4.79. The van der Waals surface area contributed by atoms with Crippen LogP contribution in [0.1, 0.15) is 38.4 Å². The van der Waals surface area contributed by atoms with Gasteiger partial charge >= 0.3 is 0 Å². The number of nitrogens with zero attached hydrogens (tertiary/aromatic N) is 5. The second kappa shape index (κ2) is 8.41. The van der Waals surface area contributed by atoms with Gasteiger partial charge in [-0.25, -0.2) is 0 Å². The van der Waals surface area contributed by atoms with Crippen molar-refractivity contribution in [3.05, 3.63) is 30.1 Å². The molecule has 3 rings (SSSR count). The minimum atomic E-state index is 0.273. The molecule has 1 fully saturated rings. The Morgan fingerprint density at radius 1 is 1.11 bits per heavy atom. The van der Waals surface area contributed by atoms with Crippen LogP contribution in [0.4, 0.5) is 17.6 Å². The fourth-order valence-corrected chi connectivity index (χ4v) is 3.18. The van der Waals surface area contributed by atoms with E-state index in [0.717, 1.165) is 55.1 Å². The molecule has 0 unspecified atom stereocenters. The summed E-state index contributed by atoms with van der Waals surface area (Å²) >= 11 is 0. The Bertz CT molecular complexity index is 730. The highest BCUT2D eigenvalue weighted by Crippen LogP contribution is 2.27. The van der Waals surface area contributed by atoms with Crippen LogP contribution in [0, 0.1) is 0 Å². The largest absolute Gasteiger partial charge is 0.495 e. The molecule has 0 spiro atoms. The molecule has 0 radical (unpaired) electrons. The van der Waals surface area contributed by atoms with Gasteiger partial charge in [-0.1, -0.05) is 26.0 Å². The van der Waals surface area contributed by atoms with Gasteiger partial charge in [0.05, 0.1) is 12.8 Å². The molecule has 146 valence electrons. The van der Waals surface area contributed by atoms with Gasteiger partial charge in [0, 0.05) is 39.1 Å². The molecule has 0 atom stereocenters. The lowest BCUT2D eigenvalue weighted by Gasteiger charge is -2.33.